The van der Waals surface area contributed by atoms with Crippen LogP contribution in [-0.2, 0) is 14.3 Å². The molecule has 10 heteroatoms. The molecule has 3 atom stereocenters. The third-order valence-electron chi connectivity index (χ3n) is 7.63. The lowest BCUT2D eigenvalue weighted by Crippen LogP contribution is -2.39. The summed E-state index contributed by atoms with van der Waals surface area (Å²) >= 11 is 1.37. The molecular formula is C29H30N2O7S. The van der Waals surface area contributed by atoms with E-state index < -0.39 is 6.04 Å². The zero-order valence-electron chi connectivity index (χ0n) is 22.3. The summed E-state index contributed by atoms with van der Waals surface area (Å²) in [4.78, 5) is 34.5. The average Bonchev–Trinajstić information content (AvgIpc) is 3.50. The van der Waals surface area contributed by atoms with Gasteiger partial charge in [0, 0.05) is 0 Å². The number of aromatic nitrogens is 1. The third kappa shape index (κ3) is 4.09. The lowest BCUT2D eigenvalue weighted by atomic mass is 9.77. The van der Waals surface area contributed by atoms with Crippen LogP contribution in [0.1, 0.15) is 44.2 Å². The minimum atomic E-state index is -0.761. The van der Waals surface area contributed by atoms with Crippen LogP contribution in [0.2, 0.25) is 0 Å². The van der Waals surface area contributed by atoms with E-state index in [0.29, 0.717) is 40.1 Å². The second kappa shape index (κ2) is 10.1. The van der Waals surface area contributed by atoms with Crippen LogP contribution in [0.25, 0.3) is 10.2 Å². The molecule has 3 heterocycles. The topological polar surface area (TPSA) is 96.4 Å². The van der Waals surface area contributed by atoms with Crippen LogP contribution in [0.15, 0.2) is 41.7 Å². The predicted octanol–water partition coefficient (Wildman–Crippen LogP) is 5.22. The van der Waals surface area contributed by atoms with Gasteiger partial charge in [-0.05, 0) is 62.1 Å². The molecule has 0 N–H and O–H groups in total. The first-order valence-corrected chi connectivity index (χ1v) is 13.9. The number of hydrogen-bond donors (Lipinski definition) is 0. The van der Waals surface area contributed by atoms with E-state index in [4.69, 9.17) is 28.7 Å². The molecule has 1 saturated carbocycles. The fourth-order valence-electron chi connectivity index (χ4n) is 5.87. The Morgan fingerprint density at radius 1 is 1.03 bits per heavy atom. The number of Topliss-reactive ketones (excluding diaryl/α,β-unsaturated/α-hetero) is 1. The molecule has 3 unspecified atom stereocenters. The first-order chi connectivity index (χ1) is 19.0. The molecule has 9 nitrogen and oxygen atoms in total. The number of ether oxygens (including phenoxy) is 5. The van der Waals surface area contributed by atoms with Gasteiger partial charge in [0.15, 0.2) is 28.2 Å². The van der Waals surface area contributed by atoms with Crippen molar-refractivity contribution in [2.24, 2.45) is 5.92 Å². The molecule has 204 valence electrons. The van der Waals surface area contributed by atoms with Crippen LogP contribution in [0.4, 0.5) is 5.13 Å². The summed E-state index contributed by atoms with van der Waals surface area (Å²) in [5.74, 6) is 1.47. The van der Waals surface area contributed by atoms with Crippen molar-refractivity contribution in [3.8, 4) is 23.0 Å². The number of methoxy groups -OCH3 is 3. The van der Waals surface area contributed by atoms with E-state index >= 15 is 0 Å². The lowest BCUT2D eigenvalue weighted by molar-refractivity contribution is -0.131. The van der Waals surface area contributed by atoms with Crippen molar-refractivity contribution in [2.75, 3.05) is 32.8 Å². The molecule has 0 saturated heterocycles. The van der Waals surface area contributed by atoms with Crippen LogP contribution in [0.3, 0.4) is 0 Å². The van der Waals surface area contributed by atoms with Gasteiger partial charge in [-0.25, -0.2) is 4.98 Å². The molecule has 3 aromatic rings. The molecule has 1 aliphatic carbocycles. The molecular weight excluding hydrogens is 520 g/mol. The Morgan fingerprint density at radius 2 is 1.77 bits per heavy atom. The summed E-state index contributed by atoms with van der Waals surface area (Å²) in [6, 6.07) is 8.45. The number of benzene rings is 2. The van der Waals surface area contributed by atoms with E-state index in [1.807, 2.05) is 25.1 Å². The zero-order chi connectivity index (χ0) is 27.3. The fraction of sp³-hybridized carbons (Fsp3) is 0.414. The van der Waals surface area contributed by atoms with Crippen molar-refractivity contribution < 1.29 is 33.3 Å². The Bertz CT molecular complexity index is 1470. The van der Waals surface area contributed by atoms with Crippen molar-refractivity contribution in [2.45, 2.75) is 44.8 Å². The van der Waals surface area contributed by atoms with Crippen molar-refractivity contribution in [1.29, 1.82) is 0 Å². The molecule has 1 fully saturated rings. The van der Waals surface area contributed by atoms with E-state index in [-0.39, 0.29) is 29.5 Å². The molecule has 39 heavy (non-hydrogen) atoms. The standard InChI is InChI=1S/C29H30N2O7S/c1-5-37-16-10-11-18-22(14-16)39-29(30-18)31-24(15-12-20(34-2)26(36-4)21(13-15)35-3)23-25(32)17-8-6-7-9-19(17)38-27(23)28(31)33/h10-14,17,19,24H,5-9H2,1-4H3. The van der Waals surface area contributed by atoms with Crippen LogP contribution < -0.4 is 23.8 Å². The second-order valence-corrected chi connectivity index (χ2v) is 10.8. The van der Waals surface area contributed by atoms with E-state index in [1.165, 1.54) is 32.7 Å². The van der Waals surface area contributed by atoms with Gasteiger partial charge in [-0.2, -0.15) is 0 Å². The smallest absolute Gasteiger partial charge is 0.296 e. The monoisotopic (exact) mass is 550 g/mol. The summed E-state index contributed by atoms with van der Waals surface area (Å²) in [6.45, 7) is 2.47. The molecule has 2 aromatic carbocycles. The number of hydrogen-bond acceptors (Lipinski definition) is 9. The number of nitrogens with zero attached hydrogens (tertiary/aromatic N) is 2. The summed E-state index contributed by atoms with van der Waals surface area (Å²) in [5, 5.41) is 0.469. The normalized spacial score (nSPS) is 22.5. The lowest BCUT2D eigenvalue weighted by Gasteiger charge is -2.35. The van der Waals surface area contributed by atoms with E-state index in [9.17, 15) is 9.59 Å². The number of fused-ring (bicyclic) bond motifs is 2. The number of amides is 1. The van der Waals surface area contributed by atoms with Crippen molar-refractivity contribution in [3.63, 3.8) is 0 Å². The van der Waals surface area contributed by atoms with Gasteiger partial charge in [-0.3, -0.25) is 14.5 Å². The van der Waals surface area contributed by atoms with Gasteiger partial charge in [0.05, 0.1) is 55.7 Å². The Kier molecular flexibility index (Phi) is 6.58. The Labute approximate surface area is 230 Å². The maximum Gasteiger partial charge on any atom is 0.296 e. The van der Waals surface area contributed by atoms with Gasteiger partial charge in [0.25, 0.3) is 5.91 Å². The molecule has 0 bridgehead atoms. The zero-order valence-corrected chi connectivity index (χ0v) is 23.1. The number of ketones is 1. The first-order valence-electron chi connectivity index (χ1n) is 13.1. The van der Waals surface area contributed by atoms with Gasteiger partial charge < -0.3 is 23.7 Å². The minimum absolute atomic E-state index is 0.0321. The Balaban J connectivity index is 1.53. The summed E-state index contributed by atoms with van der Waals surface area (Å²) in [7, 11) is 4.61. The SMILES string of the molecule is CCOc1ccc2nc(N3C(=O)C4=C(C(=O)C5CCCCC5O4)C3c3cc(OC)c(OC)c(OC)c3)sc2c1. The number of anilines is 1. The number of thiazole rings is 1. The van der Waals surface area contributed by atoms with E-state index in [1.54, 1.807) is 17.0 Å². The highest BCUT2D eigenvalue weighted by Gasteiger charge is 2.53. The number of carbonyl (C=O) groups is 2. The Morgan fingerprint density at radius 3 is 2.46 bits per heavy atom. The summed E-state index contributed by atoms with van der Waals surface area (Å²) < 4.78 is 29.6. The maximum absolute atomic E-state index is 14.1. The highest BCUT2D eigenvalue weighted by atomic mass is 32.1. The van der Waals surface area contributed by atoms with E-state index in [0.717, 1.165) is 41.6 Å². The van der Waals surface area contributed by atoms with Crippen LogP contribution in [0.5, 0.6) is 23.0 Å². The van der Waals surface area contributed by atoms with Gasteiger partial charge in [0.2, 0.25) is 5.75 Å². The molecule has 6 rings (SSSR count). The van der Waals surface area contributed by atoms with Gasteiger partial charge in [-0.15, -0.1) is 0 Å². The quantitative estimate of drug-likeness (QED) is 0.395. The second-order valence-electron chi connectivity index (χ2n) is 9.75. The summed E-state index contributed by atoms with van der Waals surface area (Å²) in [5.41, 5.74) is 1.75. The van der Waals surface area contributed by atoms with Gasteiger partial charge >= 0.3 is 0 Å². The maximum atomic E-state index is 14.1. The molecule has 1 amide bonds. The fourth-order valence-corrected chi connectivity index (χ4v) is 6.89. The van der Waals surface area contributed by atoms with Gasteiger partial charge in [-0.1, -0.05) is 17.8 Å². The molecule has 0 radical (unpaired) electrons. The molecule has 3 aliphatic rings. The highest BCUT2D eigenvalue weighted by molar-refractivity contribution is 7.22. The van der Waals surface area contributed by atoms with Gasteiger partial charge in [0.1, 0.15) is 11.9 Å². The molecule has 1 aromatic heterocycles. The first kappa shape index (κ1) is 25.5. The number of carbonyl (C=O) groups excluding carboxylic acids is 2. The van der Waals surface area contributed by atoms with Crippen molar-refractivity contribution in [3.05, 3.63) is 47.2 Å². The summed E-state index contributed by atoms with van der Waals surface area (Å²) in [6.07, 6.45) is 3.17. The molecule has 2 aliphatic heterocycles. The molecule has 0 spiro atoms. The number of rotatable bonds is 7. The van der Waals surface area contributed by atoms with Crippen molar-refractivity contribution in [1.82, 2.24) is 4.98 Å². The largest absolute Gasteiger partial charge is 0.494 e. The van der Waals surface area contributed by atoms with Crippen LogP contribution >= 0.6 is 11.3 Å². The predicted molar refractivity (Wildman–Crippen MR) is 146 cm³/mol. The minimum Gasteiger partial charge on any atom is -0.494 e. The van der Waals surface area contributed by atoms with E-state index in [2.05, 4.69) is 0 Å². The highest BCUT2D eigenvalue weighted by Crippen LogP contribution is 2.51. The van der Waals surface area contributed by atoms with Crippen LogP contribution in [-0.4, -0.2) is 50.7 Å². The Hall–Kier alpha value is -3.79. The van der Waals surface area contributed by atoms with Crippen LogP contribution in [0, 0.1) is 5.92 Å². The van der Waals surface area contributed by atoms with Crippen molar-refractivity contribution >= 4 is 38.4 Å². The average molecular weight is 551 g/mol. The third-order valence-corrected chi connectivity index (χ3v) is 8.65.